The fraction of sp³-hybridized carbons (Fsp3) is 0.278. The highest BCUT2D eigenvalue weighted by Crippen LogP contribution is 2.32. The molecule has 2 aliphatic heterocycles. The van der Waals surface area contributed by atoms with Gasteiger partial charge in [0.05, 0.1) is 6.54 Å². The van der Waals surface area contributed by atoms with Gasteiger partial charge in [0.2, 0.25) is 0 Å². The topological polar surface area (TPSA) is 80.6 Å². The Balaban J connectivity index is 1.53. The minimum absolute atomic E-state index is 0.0368. The summed E-state index contributed by atoms with van der Waals surface area (Å²) in [5, 5.41) is 2.87. The van der Waals surface area contributed by atoms with Crippen LogP contribution in [0.3, 0.4) is 0 Å². The van der Waals surface area contributed by atoms with Crippen molar-refractivity contribution in [3.8, 4) is 0 Å². The third-order valence-corrected chi connectivity index (χ3v) is 5.04. The minimum Gasteiger partial charge on any atom is -0.445 e. The molecule has 0 aliphatic carbocycles. The van der Waals surface area contributed by atoms with Gasteiger partial charge >= 0.3 is 6.09 Å². The van der Waals surface area contributed by atoms with E-state index in [-0.39, 0.29) is 29.8 Å². The van der Waals surface area contributed by atoms with Gasteiger partial charge in [-0.2, -0.15) is 0 Å². The Kier molecular flexibility index (Phi) is 3.96. The van der Waals surface area contributed by atoms with Crippen LogP contribution >= 0.6 is 11.6 Å². The van der Waals surface area contributed by atoms with Crippen molar-refractivity contribution < 1.29 is 14.3 Å². The van der Waals surface area contributed by atoms with E-state index in [0.29, 0.717) is 13.0 Å². The SMILES string of the molecule is O=C1NC2(CCN(C(=O)OCc3ccccc3)C2)n2c1ccc(Cl)c2=O. The van der Waals surface area contributed by atoms with Crippen LogP contribution in [-0.2, 0) is 17.0 Å². The Morgan fingerprint density at radius 2 is 1.96 bits per heavy atom. The summed E-state index contributed by atoms with van der Waals surface area (Å²) in [5.74, 6) is -0.349. The quantitative estimate of drug-likeness (QED) is 0.872. The molecule has 1 saturated heterocycles. The van der Waals surface area contributed by atoms with Crippen LogP contribution in [0.2, 0.25) is 5.02 Å². The second-order valence-electron chi connectivity index (χ2n) is 6.40. The average molecular weight is 374 g/mol. The number of benzene rings is 1. The Bertz CT molecular complexity index is 943. The fourth-order valence-electron chi connectivity index (χ4n) is 3.49. The summed E-state index contributed by atoms with van der Waals surface area (Å²) in [6.07, 6.45) is -0.0737. The molecule has 1 aromatic carbocycles. The molecule has 26 heavy (non-hydrogen) atoms. The second-order valence-corrected chi connectivity index (χ2v) is 6.81. The summed E-state index contributed by atoms with van der Waals surface area (Å²) in [7, 11) is 0. The highest BCUT2D eigenvalue weighted by Gasteiger charge is 2.49. The summed E-state index contributed by atoms with van der Waals surface area (Å²) >= 11 is 5.94. The molecule has 1 spiro atoms. The third-order valence-electron chi connectivity index (χ3n) is 4.75. The molecule has 0 bridgehead atoms. The Morgan fingerprint density at radius 3 is 2.73 bits per heavy atom. The van der Waals surface area contributed by atoms with Crippen LogP contribution in [-0.4, -0.2) is 34.6 Å². The van der Waals surface area contributed by atoms with Crippen LogP contribution in [0.5, 0.6) is 0 Å². The molecular weight excluding hydrogens is 358 g/mol. The van der Waals surface area contributed by atoms with E-state index in [9.17, 15) is 14.4 Å². The average Bonchev–Trinajstić information content (AvgIpc) is 3.19. The van der Waals surface area contributed by atoms with E-state index in [1.165, 1.54) is 21.6 Å². The summed E-state index contributed by atoms with van der Waals surface area (Å²) in [6, 6.07) is 12.3. The number of nitrogens with one attached hydrogen (secondary N) is 1. The van der Waals surface area contributed by atoms with Gasteiger partial charge in [-0.3, -0.25) is 14.2 Å². The normalized spacial score (nSPS) is 21.0. The number of hydrogen-bond donors (Lipinski definition) is 1. The Labute approximate surface area is 154 Å². The largest absolute Gasteiger partial charge is 0.445 e. The fourth-order valence-corrected chi connectivity index (χ4v) is 3.64. The summed E-state index contributed by atoms with van der Waals surface area (Å²) in [6.45, 7) is 0.684. The van der Waals surface area contributed by atoms with Gasteiger partial charge in [0.1, 0.15) is 23.0 Å². The summed E-state index contributed by atoms with van der Waals surface area (Å²) in [5.41, 5.74) is -0.279. The van der Waals surface area contributed by atoms with Crippen LogP contribution in [0, 0.1) is 0 Å². The lowest BCUT2D eigenvalue weighted by Crippen LogP contribution is -2.50. The number of likely N-dealkylation sites (tertiary alicyclic amines) is 1. The first-order chi connectivity index (χ1) is 12.5. The zero-order valence-corrected chi connectivity index (χ0v) is 14.5. The molecule has 1 atom stereocenters. The van der Waals surface area contributed by atoms with E-state index in [2.05, 4.69) is 5.32 Å². The van der Waals surface area contributed by atoms with Crippen LogP contribution < -0.4 is 10.9 Å². The standard InChI is InChI=1S/C18H16ClN3O4/c19-13-6-7-14-15(23)20-18(22(14)16(13)24)8-9-21(11-18)17(25)26-10-12-4-2-1-3-5-12/h1-7H,8-11H2,(H,20,23). The highest BCUT2D eigenvalue weighted by molar-refractivity contribution is 6.30. The molecule has 1 fully saturated rings. The van der Waals surface area contributed by atoms with Gasteiger partial charge in [0.25, 0.3) is 11.5 Å². The van der Waals surface area contributed by atoms with Crippen LogP contribution in [0.1, 0.15) is 22.5 Å². The van der Waals surface area contributed by atoms with E-state index in [1.54, 1.807) is 0 Å². The molecule has 1 aromatic heterocycles. The third kappa shape index (κ3) is 2.64. The monoisotopic (exact) mass is 373 g/mol. The van der Waals surface area contributed by atoms with Crippen molar-refractivity contribution in [1.82, 2.24) is 14.8 Å². The number of pyridine rings is 1. The first kappa shape index (κ1) is 16.7. The number of ether oxygens (including phenoxy) is 1. The molecule has 1 unspecified atom stereocenters. The first-order valence-electron chi connectivity index (χ1n) is 8.20. The van der Waals surface area contributed by atoms with E-state index in [1.807, 2.05) is 30.3 Å². The van der Waals surface area contributed by atoms with E-state index < -0.39 is 17.3 Å². The van der Waals surface area contributed by atoms with Crippen molar-refractivity contribution in [2.75, 3.05) is 13.1 Å². The molecule has 1 N–H and O–H groups in total. The lowest BCUT2D eigenvalue weighted by molar-refractivity contribution is 0.0882. The molecule has 7 nitrogen and oxygen atoms in total. The van der Waals surface area contributed by atoms with Gasteiger partial charge < -0.3 is 15.0 Å². The number of aromatic nitrogens is 1. The highest BCUT2D eigenvalue weighted by atomic mass is 35.5. The molecule has 4 rings (SSSR count). The van der Waals surface area contributed by atoms with Gasteiger partial charge in [-0.1, -0.05) is 41.9 Å². The summed E-state index contributed by atoms with van der Waals surface area (Å²) < 4.78 is 6.71. The molecule has 0 radical (unpaired) electrons. The van der Waals surface area contributed by atoms with Gasteiger partial charge in [-0.15, -0.1) is 0 Å². The Hall–Kier alpha value is -2.80. The second kappa shape index (κ2) is 6.17. The van der Waals surface area contributed by atoms with Crippen molar-refractivity contribution in [1.29, 1.82) is 0 Å². The van der Waals surface area contributed by atoms with Gasteiger partial charge in [-0.25, -0.2) is 4.79 Å². The lowest BCUT2D eigenvalue weighted by atomic mass is 10.1. The maximum Gasteiger partial charge on any atom is 0.410 e. The van der Waals surface area contributed by atoms with E-state index in [0.717, 1.165) is 5.56 Å². The number of fused-ring (bicyclic) bond motifs is 2. The molecular formula is C18H16ClN3O4. The van der Waals surface area contributed by atoms with Crippen molar-refractivity contribution in [3.05, 3.63) is 69.1 Å². The molecule has 2 amide bonds. The van der Waals surface area contributed by atoms with Gasteiger partial charge in [0, 0.05) is 13.0 Å². The van der Waals surface area contributed by atoms with E-state index in [4.69, 9.17) is 16.3 Å². The number of nitrogens with zero attached hydrogens (tertiary/aromatic N) is 2. The predicted molar refractivity (Wildman–Crippen MR) is 94.0 cm³/mol. The summed E-state index contributed by atoms with van der Waals surface area (Å²) in [4.78, 5) is 38.6. The number of rotatable bonds is 2. The number of hydrogen-bond acceptors (Lipinski definition) is 4. The molecule has 8 heteroatoms. The number of carbonyl (C=O) groups excluding carboxylic acids is 2. The zero-order chi connectivity index (χ0) is 18.3. The zero-order valence-electron chi connectivity index (χ0n) is 13.8. The number of halogens is 1. The lowest BCUT2D eigenvalue weighted by Gasteiger charge is -2.26. The molecule has 134 valence electrons. The smallest absolute Gasteiger partial charge is 0.410 e. The number of amides is 2. The first-order valence-corrected chi connectivity index (χ1v) is 8.58. The molecule has 2 aromatic rings. The van der Waals surface area contributed by atoms with Crippen LogP contribution in [0.15, 0.2) is 47.3 Å². The van der Waals surface area contributed by atoms with Crippen molar-refractivity contribution >= 4 is 23.6 Å². The molecule has 3 heterocycles. The maximum atomic E-state index is 12.5. The minimum atomic E-state index is -0.972. The van der Waals surface area contributed by atoms with E-state index >= 15 is 0 Å². The molecule has 2 aliphatic rings. The van der Waals surface area contributed by atoms with Crippen molar-refractivity contribution in [2.24, 2.45) is 0 Å². The predicted octanol–water partition coefficient (Wildman–Crippen LogP) is 1.94. The van der Waals surface area contributed by atoms with Gasteiger partial charge in [-0.05, 0) is 17.7 Å². The van der Waals surface area contributed by atoms with Crippen molar-refractivity contribution in [2.45, 2.75) is 18.7 Å². The van der Waals surface area contributed by atoms with Gasteiger partial charge in [0.15, 0.2) is 0 Å². The van der Waals surface area contributed by atoms with Crippen molar-refractivity contribution in [3.63, 3.8) is 0 Å². The Morgan fingerprint density at radius 1 is 1.19 bits per heavy atom. The van der Waals surface area contributed by atoms with Crippen LogP contribution in [0.4, 0.5) is 4.79 Å². The number of carbonyl (C=O) groups is 2. The maximum absolute atomic E-state index is 12.5. The molecule has 0 saturated carbocycles. The van der Waals surface area contributed by atoms with Crippen LogP contribution in [0.25, 0.3) is 0 Å².